The van der Waals surface area contributed by atoms with Crippen molar-refractivity contribution < 1.29 is 0 Å². The Bertz CT molecular complexity index is 368. The minimum atomic E-state index is 1.36. The van der Waals surface area contributed by atoms with Crippen molar-refractivity contribution in [3.8, 4) is 11.1 Å². The Morgan fingerprint density at radius 3 is 2.50 bits per heavy atom. The monoisotopic (exact) mass is 194 g/mol. The second-order valence-corrected chi connectivity index (χ2v) is 4.71. The first-order valence-corrected chi connectivity index (χ1v) is 5.68. The Hall–Kier alpha value is -0.600. The van der Waals surface area contributed by atoms with E-state index in [-0.39, 0.29) is 0 Å². The van der Waals surface area contributed by atoms with Gasteiger partial charge in [-0.2, -0.15) is 11.3 Å². The van der Waals surface area contributed by atoms with Gasteiger partial charge < -0.3 is 0 Å². The lowest BCUT2D eigenvalue weighted by molar-refractivity contribution is 1.44. The van der Waals surface area contributed by atoms with Gasteiger partial charge in [0.15, 0.2) is 0 Å². The lowest BCUT2D eigenvalue weighted by Gasteiger charge is -1.95. The Morgan fingerprint density at radius 2 is 2.00 bits per heavy atom. The third kappa shape index (κ3) is 1.21. The summed E-state index contributed by atoms with van der Waals surface area (Å²) in [5.74, 6) is 0. The summed E-state index contributed by atoms with van der Waals surface area (Å²) in [6.45, 7) is 4.37. The quantitative estimate of drug-likeness (QED) is 0.641. The highest BCUT2D eigenvalue weighted by molar-refractivity contribution is 7.10. The minimum Gasteiger partial charge on any atom is -0.152 e. The Labute approximate surface area is 80.5 Å². The van der Waals surface area contributed by atoms with E-state index in [2.05, 4.69) is 36.1 Å². The first-order chi connectivity index (χ1) is 5.79. The van der Waals surface area contributed by atoms with Gasteiger partial charge >= 0.3 is 0 Å². The second kappa shape index (κ2) is 3.04. The molecule has 0 aliphatic carbocycles. The number of hydrogen-bond acceptors (Lipinski definition) is 2. The molecular weight excluding hydrogens is 184 g/mol. The van der Waals surface area contributed by atoms with Crippen molar-refractivity contribution in [2.24, 2.45) is 0 Å². The SMILES string of the molecule is Cc1scc(-c2ccsc2)c1C. The number of thiophene rings is 2. The molecule has 0 aliphatic rings. The highest BCUT2D eigenvalue weighted by atomic mass is 32.1. The van der Waals surface area contributed by atoms with Crippen molar-refractivity contribution in [2.75, 3.05) is 0 Å². The molecule has 0 fully saturated rings. The molecule has 0 radical (unpaired) electrons. The molecule has 0 bridgehead atoms. The predicted molar refractivity (Wildman–Crippen MR) is 57.1 cm³/mol. The lowest BCUT2D eigenvalue weighted by atomic mass is 10.1. The lowest BCUT2D eigenvalue weighted by Crippen LogP contribution is -1.74. The van der Waals surface area contributed by atoms with Gasteiger partial charge in [0.2, 0.25) is 0 Å². The maximum Gasteiger partial charge on any atom is 0.00497 e. The Morgan fingerprint density at radius 1 is 1.17 bits per heavy atom. The van der Waals surface area contributed by atoms with Gasteiger partial charge in [0.1, 0.15) is 0 Å². The maximum atomic E-state index is 2.24. The molecule has 0 aliphatic heterocycles. The molecule has 0 nitrogen and oxygen atoms in total. The van der Waals surface area contributed by atoms with Crippen molar-refractivity contribution >= 4 is 22.7 Å². The molecule has 2 heteroatoms. The van der Waals surface area contributed by atoms with E-state index in [4.69, 9.17) is 0 Å². The summed E-state index contributed by atoms with van der Waals surface area (Å²) >= 11 is 3.59. The molecule has 0 unspecified atom stereocenters. The molecule has 2 aromatic heterocycles. The average Bonchev–Trinajstić information content (AvgIpc) is 2.64. The topological polar surface area (TPSA) is 0 Å². The van der Waals surface area contributed by atoms with Crippen LogP contribution >= 0.6 is 22.7 Å². The number of rotatable bonds is 1. The fraction of sp³-hybridized carbons (Fsp3) is 0.200. The van der Waals surface area contributed by atoms with Crippen LogP contribution in [0.15, 0.2) is 22.2 Å². The molecule has 12 heavy (non-hydrogen) atoms. The fourth-order valence-electron chi connectivity index (χ4n) is 1.22. The molecular formula is C10H10S2. The van der Waals surface area contributed by atoms with Crippen LogP contribution in [0, 0.1) is 13.8 Å². The van der Waals surface area contributed by atoms with E-state index in [1.807, 2.05) is 11.3 Å². The van der Waals surface area contributed by atoms with Gasteiger partial charge in [-0.1, -0.05) is 0 Å². The van der Waals surface area contributed by atoms with E-state index in [0.717, 1.165) is 0 Å². The van der Waals surface area contributed by atoms with Crippen LogP contribution in [-0.2, 0) is 0 Å². The molecule has 2 aromatic rings. The summed E-state index contributed by atoms with van der Waals surface area (Å²) in [5.41, 5.74) is 4.19. The Balaban J connectivity index is 2.55. The largest absolute Gasteiger partial charge is 0.152 e. The van der Waals surface area contributed by atoms with E-state index in [9.17, 15) is 0 Å². The highest BCUT2D eigenvalue weighted by Crippen LogP contribution is 2.31. The van der Waals surface area contributed by atoms with Crippen LogP contribution in [0.1, 0.15) is 10.4 Å². The average molecular weight is 194 g/mol. The van der Waals surface area contributed by atoms with E-state index >= 15 is 0 Å². The van der Waals surface area contributed by atoms with Crippen molar-refractivity contribution in [3.05, 3.63) is 32.6 Å². The van der Waals surface area contributed by atoms with Crippen LogP contribution in [0.4, 0.5) is 0 Å². The van der Waals surface area contributed by atoms with Gasteiger partial charge in [0.05, 0.1) is 0 Å². The zero-order valence-corrected chi connectivity index (χ0v) is 8.76. The third-order valence-corrected chi connectivity index (χ3v) is 3.81. The van der Waals surface area contributed by atoms with Crippen molar-refractivity contribution in [2.45, 2.75) is 13.8 Å². The van der Waals surface area contributed by atoms with E-state index in [1.165, 1.54) is 21.6 Å². The molecule has 0 saturated carbocycles. The van der Waals surface area contributed by atoms with Gasteiger partial charge in [0, 0.05) is 4.88 Å². The summed E-state index contributed by atoms with van der Waals surface area (Å²) in [6, 6.07) is 2.18. The van der Waals surface area contributed by atoms with Crippen LogP contribution in [0.2, 0.25) is 0 Å². The molecule has 0 atom stereocenters. The summed E-state index contributed by atoms with van der Waals surface area (Å²) in [7, 11) is 0. The smallest absolute Gasteiger partial charge is 0.00497 e. The van der Waals surface area contributed by atoms with Crippen molar-refractivity contribution in [3.63, 3.8) is 0 Å². The van der Waals surface area contributed by atoms with Gasteiger partial charge in [-0.05, 0) is 52.7 Å². The normalized spacial score (nSPS) is 10.5. The maximum absolute atomic E-state index is 2.24. The van der Waals surface area contributed by atoms with Crippen molar-refractivity contribution in [1.29, 1.82) is 0 Å². The van der Waals surface area contributed by atoms with Gasteiger partial charge in [0.25, 0.3) is 0 Å². The summed E-state index contributed by atoms with van der Waals surface area (Å²) in [4.78, 5) is 1.43. The standard InChI is InChI=1S/C10H10S2/c1-7-8(2)12-6-10(7)9-3-4-11-5-9/h3-6H,1-2H3. The van der Waals surface area contributed by atoms with E-state index in [0.29, 0.717) is 0 Å². The van der Waals surface area contributed by atoms with Crippen LogP contribution in [-0.4, -0.2) is 0 Å². The second-order valence-electron chi connectivity index (χ2n) is 2.84. The van der Waals surface area contributed by atoms with Gasteiger partial charge in [-0.3, -0.25) is 0 Å². The van der Waals surface area contributed by atoms with E-state index in [1.54, 1.807) is 11.3 Å². The summed E-state index contributed by atoms with van der Waals surface area (Å²) < 4.78 is 0. The molecule has 2 rings (SSSR count). The van der Waals surface area contributed by atoms with Crippen molar-refractivity contribution in [1.82, 2.24) is 0 Å². The van der Waals surface area contributed by atoms with Gasteiger partial charge in [-0.25, -0.2) is 0 Å². The first-order valence-electron chi connectivity index (χ1n) is 3.86. The Kier molecular flexibility index (Phi) is 2.03. The molecule has 2 heterocycles. The highest BCUT2D eigenvalue weighted by Gasteiger charge is 2.05. The minimum absolute atomic E-state index is 1.36. The molecule has 0 amide bonds. The first kappa shape index (κ1) is 8.02. The number of hydrogen-bond donors (Lipinski definition) is 0. The molecule has 0 spiro atoms. The van der Waals surface area contributed by atoms with Crippen LogP contribution in [0.25, 0.3) is 11.1 Å². The molecule has 0 saturated heterocycles. The predicted octanol–water partition coefficient (Wildman–Crippen LogP) is 4.09. The zero-order valence-electron chi connectivity index (χ0n) is 7.13. The molecule has 0 aromatic carbocycles. The van der Waals surface area contributed by atoms with E-state index < -0.39 is 0 Å². The summed E-state index contributed by atoms with van der Waals surface area (Å²) in [6.07, 6.45) is 0. The fourth-order valence-corrected chi connectivity index (χ4v) is 2.77. The molecule has 62 valence electrons. The molecule has 0 N–H and O–H groups in total. The van der Waals surface area contributed by atoms with Crippen LogP contribution < -0.4 is 0 Å². The van der Waals surface area contributed by atoms with Crippen LogP contribution in [0.3, 0.4) is 0 Å². The zero-order chi connectivity index (χ0) is 8.55. The van der Waals surface area contributed by atoms with Crippen LogP contribution in [0.5, 0.6) is 0 Å². The van der Waals surface area contributed by atoms with Gasteiger partial charge in [-0.15, -0.1) is 11.3 Å². The number of aryl methyl sites for hydroxylation is 1. The third-order valence-electron chi connectivity index (χ3n) is 2.12. The summed E-state index contributed by atoms with van der Waals surface area (Å²) in [5, 5.41) is 6.57.